The summed E-state index contributed by atoms with van der Waals surface area (Å²) in [5, 5.41) is 0. The Bertz CT molecular complexity index is 845. The maximum absolute atomic E-state index is 12.1. The maximum atomic E-state index is 12.1. The highest BCUT2D eigenvalue weighted by atomic mass is 79.9. The molecule has 0 amide bonds. The third kappa shape index (κ3) is 3.65. The van der Waals surface area contributed by atoms with Crippen molar-refractivity contribution in [2.24, 2.45) is 0 Å². The number of aromatic nitrogens is 1. The first-order valence-electron chi connectivity index (χ1n) is 7.18. The van der Waals surface area contributed by atoms with Gasteiger partial charge in [0.2, 0.25) is 5.89 Å². The van der Waals surface area contributed by atoms with Gasteiger partial charge in [-0.25, -0.2) is 9.78 Å². The molecule has 24 heavy (non-hydrogen) atoms. The Morgan fingerprint density at radius 3 is 2.71 bits per heavy atom. The molecule has 0 saturated heterocycles. The van der Waals surface area contributed by atoms with Crippen LogP contribution in [-0.2, 0) is 11.3 Å². The molecule has 1 heterocycles. The fourth-order valence-electron chi connectivity index (χ4n) is 2.10. The fraction of sp³-hybridized carbons (Fsp3) is 0.111. The molecule has 0 saturated carbocycles. The Labute approximate surface area is 147 Å². The van der Waals surface area contributed by atoms with Gasteiger partial charge in [0.25, 0.3) is 0 Å². The maximum Gasteiger partial charge on any atom is 0.338 e. The van der Waals surface area contributed by atoms with Crippen LogP contribution < -0.4 is 4.74 Å². The Morgan fingerprint density at radius 2 is 2.00 bits per heavy atom. The van der Waals surface area contributed by atoms with Gasteiger partial charge in [-0.2, -0.15) is 0 Å². The van der Waals surface area contributed by atoms with E-state index in [1.165, 1.54) is 6.26 Å². The zero-order chi connectivity index (χ0) is 16.9. The Hall–Kier alpha value is -2.60. The van der Waals surface area contributed by atoms with E-state index in [0.29, 0.717) is 27.4 Å². The number of hydrogen-bond donors (Lipinski definition) is 0. The van der Waals surface area contributed by atoms with Crippen molar-refractivity contribution in [3.63, 3.8) is 0 Å². The van der Waals surface area contributed by atoms with Crippen LogP contribution in [0.4, 0.5) is 0 Å². The van der Waals surface area contributed by atoms with Gasteiger partial charge in [0.1, 0.15) is 24.3 Å². The number of hydrogen-bond acceptors (Lipinski definition) is 5. The summed E-state index contributed by atoms with van der Waals surface area (Å²) in [6, 6.07) is 14.5. The molecular formula is C18H14BrNO4. The molecule has 0 N–H and O–H groups in total. The van der Waals surface area contributed by atoms with Gasteiger partial charge < -0.3 is 13.9 Å². The molecule has 6 heteroatoms. The number of carbonyl (C=O) groups is 1. The molecule has 0 aliphatic carbocycles. The van der Waals surface area contributed by atoms with Crippen molar-refractivity contribution in [1.29, 1.82) is 0 Å². The van der Waals surface area contributed by atoms with Crippen molar-refractivity contribution >= 4 is 21.9 Å². The SMILES string of the molecule is COc1ccc(C(=O)OCc2coc(-c3ccccc3)n2)cc1Br. The van der Waals surface area contributed by atoms with Crippen LogP contribution in [0.15, 0.2) is 63.7 Å². The van der Waals surface area contributed by atoms with Gasteiger partial charge in [0.15, 0.2) is 0 Å². The quantitative estimate of drug-likeness (QED) is 0.604. The summed E-state index contributed by atoms with van der Waals surface area (Å²) < 4.78 is 16.5. The predicted molar refractivity (Wildman–Crippen MR) is 91.8 cm³/mol. The van der Waals surface area contributed by atoms with Gasteiger partial charge in [0.05, 0.1) is 17.1 Å². The Balaban J connectivity index is 1.65. The normalized spacial score (nSPS) is 10.4. The van der Waals surface area contributed by atoms with Gasteiger partial charge >= 0.3 is 5.97 Å². The minimum absolute atomic E-state index is 0.0405. The molecule has 122 valence electrons. The first kappa shape index (κ1) is 16.3. The topological polar surface area (TPSA) is 61.6 Å². The first-order chi connectivity index (χ1) is 11.7. The largest absolute Gasteiger partial charge is 0.496 e. The highest BCUT2D eigenvalue weighted by Gasteiger charge is 2.12. The van der Waals surface area contributed by atoms with E-state index in [1.807, 2.05) is 30.3 Å². The summed E-state index contributed by atoms with van der Waals surface area (Å²) >= 11 is 3.34. The van der Waals surface area contributed by atoms with Crippen LogP contribution in [0.1, 0.15) is 16.1 Å². The van der Waals surface area contributed by atoms with Gasteiger partial charge in [-0.05, 0) is 46.3 Å². The van der Waals surface area contributed by atoms with E-state index in [4.69, 9.17) is 13.9 Å². The summed E-state index contributed by atoms with van der Waals surface area (Å²) in [6.45, 7) is 0.0405. The lowest BCUT2D eigenvalue weighted by molar-refractivity contribution is 0.0467. The summed E-state index contributed by atoms with van der Waals surface area (Å²) in [5.74, 6) is 0.701. The monoisotopic (exact) mass is 387 g/mol. The smallest absolute Gasteiger partial charge is 0.338 e. The number of carbonyl (C=O) groups excluding carboxylic acids is 1. The minimum Gasteiger partial charge on any atom is -0.496 e. The molecule has 0 fully saturated rings. The van der Waals surface area contributed by atoms with Crippen molar-refractivity contribution in [3.8, 4) is 17.2 Å². The number of nitrogens with zero attached hydrogens (tertiary/aromatic N) is 1. The van der Waals surface area contributed by atoms with E-state index in [-0.39, 0.29) is 6.61 Å². The summed E-state index contributed by atoms with van der Waals surface area (Å²) in [6.07, 6.45) is 1.49. The van der Waals surface area contributed by atoms with Crippen LogP contribution in [0, 0.1) is 0 Å². The predicted octanol–water partition coefficient (Wildman–Crippen LogP) is 4.47. The van der Waals surface area contributed by atoms with Crippen molar-refractivity contribution < 1.29 is 18.7 Å². The van der Waals surface area contributed by atoms with E-state index in [0.717, 1.165) is 5.56 Å². The molecule has 2 aromatic carbocycles. The van der Waals surface area contributed by atoms with E-state index >= 15 is 0 Å². The van der Waals surface area contributed by atoms with E-state index in [9.17, 15) is 4.79 Å². The molecule has 0 unspecified atom stereocenters. The lowest BCUT2D eigenvalue weighted by atomic mass is 10.2. The number of methoxy groups -OCH3 is 1. The zero-order valence-electron chi connectivity index (χ0n) is 12.9. The number of ether oxygens (including phenoxy) is 2. The second-order valence-corrected chi connectivity index (χ2v) is 5.79. The van der Waals surface area contributed by atoms with Crippen molar-refractivity contribution in [1.82, 2.24) is 4.98 Å². The van der Waals surface area contributed by atoms with Crippen LogP contribution in [-0.4, -0.2) is 18.1 Å². The summed E-state index contributed by atoms with van der Waals surface area (Å²) in [5.41, 5.74) is 1.85. The molecular weight excluding hydrogens is 374 g/mol. The average Bonchev–Trinajstić information content (AvgIpc) is 3.09. The van der Waals surface area contributed by atoms with Crippen molar-refractivity contribution in [2.75, 3.05) is 7.11 Å². The Morgan fingerprint density at radius 1 is 1.21 bits per heavy atom. The zero-order valence-corrected chi connectivity index (χ0v) is 14.4. The molecule has 0 bridgehead atoms. The molecule has 3 rings (SSSR count). The molecule has 0 aliphatic rings. The highest BCUT2D eigenvalue weighted by molar-refractivity contribution is 9.10. The standard InChI is InChI=1S/C18H14BrNO4/c1-22-16-8-7-13(9-15(16)19)18(21)24-11-14-10-23-17(20-14)12-5-3-2-4-6-12/h2-10H,11H2,1H3. The lowest BCUT2D eigenvalue weighted by Gasteiger charge is -2.06. The van der Waals surface area contributed by atoms with Gasteiger partial charge in [0, 0.05) is 5.56 Å². The van der Waals surface area contributed by atoms with Crippen molar-refractivity contribution in [2.45, 2.75) is 6.61 Å². The van der Waals surface area contributed by atoms with E-state index in [2.05, 4.69) is 20.9 Å². The second-order valence-electron chi connectivity index (χ2n) is 4.94. The number of halogens is 1. The van der Waals surface area contributed by atoms with Crippen LogP contribution >= 0.6 is 15.9 Å². The number of esters is 1. The Kier molecular flexibility index (Phi) is 4.96. The molecule has 3 aromatic rings. The van der Waals surface area contributed by atoms with Gasteiger partial charge in [-0.3, -0.25) is 0 Å². The number of oxazole rings is 1. The fourth-order valence-corrected chi connectivity index (χ4v) is 2.64. The van der Waals surface area contributed by atoms with E-state index in [1.54, 1.807) is 25.3 Å². The first-order valence-corrected chi connectivity index (χ1v) is 7.97. The van der Waals surface area contributed by atoms with Crippen LogP contribution in [0.25, 0.3) is 11.5 Å². The van der Waals surface area contributed by atoms with Crippen molar-refractivity contribution in [3.05, 3.63) is 70.5 Å². The molecule has 0 spiro atoms. The second kappa shape index (κ2) is 7.31. The van der Waals surface area contributed by atoms with Gasteiger partial charge in [-0.15, -0.1) is 0 Å². The van der Waals surface area contributed by atoms with Gasteiger partial charge in [-0.1, -0.05) is 18.2 Å². The van der Waals surface area contributed by atoms with Crippen LogP contribution in [0.5, 0.6) is 5.75 Å². The minimum atomic E-state index is -0.442. The molecule has 0 radical (unpaired) electrons. The number of benzene rings is 2. The van der Waals surface area contributed by atoms with Crippen LogP contribution in [0.2, 0.25) is 0 Å². The third-order valence-corrected chi connectivity index (χ3v) is 3.93. The molecule has 0 atom stereocenters. The highest BCUT2D eigenvalue weighted by Crippen LogP contribution is 2.26. The molecule has 0 aliphatic heterocycles. The molecule has 5 nitrogen and oxygen atoms in total. The molecule has 1 aromatic heterocycles. The summed E-state index contributed by atoms with van der Waals surface area (Å²) in [7, 11) is 1.56. The van der Waals surface area contributed by atoms with Crippen LogP contribution in [0.3, 0.4) is 0 Å². The third-order valence-electron chi connectivity index (χ3n) is 3.31. The number of rotatable bonds is 5. The average molecular weight is 388 g/mol. The summed E-state index contributed by atoms with van der Waals surface area (Å²) in [4.78, 5) is 16.4. The van der Waals surface area contributed by atoms with E-state index < -0.39 is 5.97 Å². The lowest BCUT2D eigenvalue weighted by Crippen LogP contribution is -2.05.